The summed E-state index contributed by atoms with van der Waals surface area (Å²) in [5.74, 6) is -0.254. The van der Waals surface area contributed by atoms with Crippen molar-refractivity contribution in [2.45, 2.75) is 45.8 Å². The molecule has 0 heterocycles. The van der Waals surface area contributed by atoms with Gasteiger partial charge in [0.25, 0.3) is 0 Å². The Bertz CT molecular complexity index is 506. The summed E-state index contributed by atoms with van der Waals surface area (Å²) in [7, 11) is 1.72. The zero-order chi connectivity index (χ0) is 16.0. The lowest BCUT2D eigenvalue weighted by Crippen LogP contribution is -2.39. The monoisotopic (exact) mass is 293 g/mol. The maximum absolute atomic E-state index is 13.0. The van der Waals surface area contributed by atoms with Crippen LogP contribution in [-0.2, 0) is 4.74 Å². The fourth-order valence-corrected chi connectivity index (χ4v) is 1.68. The van der Waals surface area contributed by atoms with E-state index in [0.29, 0.717) is 6.42 Å². The Morgan fingerprint density at radius 3 is 2.67 bits per heavy atom. The molecule has 1 rings (SSSR count). The van der Waals surface area contributed by atoms with Gasteiger partial charge >= 0.3 is 6.09 Å². The Labute approximate surface area is 126 Å². The number of hydrogen-bond acceptors (Lipinski definition) is 2. The third kappa shape index (κ3) is 6.43. The molecule has 0 fully saturated rings. The number of halogens is 1. The van der Waals surface area contributed by atoms with Crippen LogP contribution in [0.25, 0.3) is 6.08 Å². The molecular formula is C17H24FNO2. The Morgan fingerprint density at radius 1 is 1.43 bits per heavy atom. The first-order chi connectivity index (χ1) is 9.69. The molecule has 1 aromatic rings. The van der Waals surface area contributed by atoms with Crippen LogP contribution in [0.5, 0.6) is 0 Å². The van der Waals surface area contributed by atoms with Crippen LogP contribution >= 0.6 is 0 Å². The van der Waals surface area contributed by atoms with Gasteiger partial charge in [-0.15, -0.1) is 0 Å². The van der Waals surface area contributed by atoms with Crippen LogP contribution in [0.2, 0.25) is 0 Å². The van der Waals surface area contributed by atoms with Crippen molar-refractivity contribution in [3.63, 3.8) is 0 Å². The van der Waals surface area contributed by atoms with Crippen LogP contribution in [0.3, 0.4) is 0 Å². The van der Waals surface area contributed by atoms with Crippen molar-refractivity contribution in [1.82, 2.24) is 4.90 Å². The summed E-state index contributed by atoms with van der Waals surface area (Å²) in [6.45, 7) is 7.47. The minimum atomic E-state index is -0.498. The van der Waals surface area contributed by atoms with Crippen molar-refractivity contribution in [1.29, 1.82) is 0 Å². The van der Waals surface area contributed by atoms with E-state index in [1.807, 2.05) is 45.9 Å². The van der Waals surface area contributed by atoms with Gasteiger partial charge < -0.3 is 9.64 Å². The molecule has 1 atom stereocenters. The highest BCUT2D eigenvalue weighted by Gasteiger charge is 2.22. The number of carbonyl (C=O) groups is 1. The predicted octanol–water partition coefficient (Wildman–Crippen LogP) is 4.48. The van der Waals surface area contributed by atoms with Crippen molar-refractivity contribution >= 4 is 12.2 Å². The van der Waals surface area contributed by atoms with Gasteiger partial charge in [0, 0.05) is 13.1 Å². The number of carbonyl (C=O) groups excluding carboxylic acids is 1. The number of amides is 1. The molecule has 4 heteroatoms. The van der Waals surface area contributed by atoms with Crippen LogP contribution in [0.15, 0.2) is 30.3 Å². The molecule has 0 aliphatic carbocycles. The molecule has 0 saturated heterocycles. The quantitative estimate of drug-likeness (QED) is 0.819. The highest BCUT2D eigenvalue weighted by Crippen LogP contribution is 2.13. The minimum absolute atomic E-state index is 0.00431. The van der Waals surface area contributed by atoms with Gasteiger partial charge in [-0.05, 0) is 51.8 Å². The maximum Gasteiger partial charge on any atom is 0.410 e. The molecule has 0 radical (unpaired) electrons. The first-order valence-corrected chi connectivity index (χ1v) is 7.07. The Hall–Kier alpha value is -1.84. The largest absolute Gasteiger partial charge is 0.444 e. The molecule has 0 aromatic heterocycles. The second-order valence-corrected chi connectivity index (χ2v) is 6.13. The van der Waals surface area contributed by atoms with Crippen molar-refractivity contribution in [3.8, 4) is 0 Å². The van der Waals surface area contributed by atoms with Gasteiger partial charge in [-0.2, -0.15) is 0 Å². The summed E-state index contributed by atoms with van der Waals surface area (Å²) < 4.78 is 18.4. The van der Waals surface area contributed by atoms with E-state index in [1.54, 1.807) is 18.0 Å². The number of nitrogens with zero attached hydrogens (tertiary/aromatic N) is 1. The summed E-state index contributed by atoms with van der Waals surface area (Å²) in [6.07, 6.45) is 4.11. The van der Waals surface area contributed by atoms with Gasteiger partial charge in [-0.1, -0.05) is 24.3 Å². The van der Waals surface area contributed by atoms with E-state index in [1.165, 1.54) is 12.1 Å². The molecule has 1 amide bonds. The van der Waals surface area contributed by atoms with Crippen molar-refractivity contribution in [2.75, 3.05) is 7.05 Å². The lowest BCUT2D eigenvalue weighted by atomic mass is 10.1. The van der Waals surface area contributed by atoms with Crippen molar-refractivity contribution in [2.24, 2.45) is 0 Å². The zero-order valence-electron chi connectivity index (χ0n) is 13.4. The minimum Gasteiger partial charge on any atom is -0.444 e. The molecule has 1 aromatic carbocycles. The van der Waals surface area contributed by atoms with E-state index in [9.17, 15) is 9.18 Å². The fraction of sp³-hybridized carbons (Fsp3) is 0.471. The Morgan fingerprint density at radius 2 is 2.10 bits per heavy atom. The van der Waals surface area contributed by atoms with Crippen LogP contribution in [0.1, 0.15) is 39.7 Å². The van der Waals surface area contributed by atoms with E-state index in [4.69, 9.17) is 4.74 Å². The van der Waals surface area contributed by atoms with Crippen molar-refractivity contribution < 1.29 is 13.9 Å². The average Bonchev–Trinajstić information content (AvgIpc) is 2.35. The zero-order valence-corrected chi connectivity index (χ0v) is 13.4. The molecule has 0 bridgehead atoms. The number of ether oxygens (including phenoxy) is 1. The van der Waals surface area contributed by atoms with Crippen LogP contribution in [0.4, 0.5) is 9.18 Å². The molecule has 0 aliphatic rings. The smallest absolute Gasteiger partial charge is 0.410 e. The van der Waals surface area contributed by atoms with Gasteiger partial charge in [0.05, 0.1) is 0 Å². The average molecular weight is 293 g/mol. The summed E-state index contributed by atoms with van der Waals surface area (Å²) in [5, 5.41) is 0. The lowest BCUT2D eigenvalue weighted by Gasteiger charge is -2.28. The van der Waals surface area contributed by atoms with Gasteiger partial charge in [0.1, 0.15) is 11.4 Å². The number of benzene rings is 1. The highest BCUT2D eigenvalue weighted by molar-refractivity contribution is 5.68. The van der Waals surface area contributed by atoms with Crippen LogP contribution in [0, 0.1) is 5.82 Å². The van der Waals surface area contributed by atoms with Gasteiger partial charge in [-0.25, -0.2) is 9.18 Å². The third-order valence-corrected chi connectivity index (χ3v) is 2.98. The molecule has 21 heavy (non-hydrogen) atoms. The molecule has 0 N–H and O–H groups in total. The summed E-state index contributed by atoms with van der Waals surface area (Å²) in [5.41, 5.74) is 0.310. The van der Waals surface area contributed by atoms with Crippen LogP contribution in [-0.4, -0.2) is 29.7 Å². The van der Waals surface area contributed by atoms with Crippen molar-refractivity contribution in [3.05, 3.63) is 41.7 Å². The predicted molar refractivity (Wildman–Crippen MR) is 83.5 cm³/mol. The second-order valence-electron chi connectivity index (χ2n) is 6.13. The van der Waals surface area contributed by atoms with Gasteiger partial charge in [-0.3, -0.25) is 0 Å². The van der Waals surface area contributed by atoms with E-state index in [-0.39, 0.29) is 18.0 Å². The lowest BCUT2D eigenvalue weighted by molar-refractivity contribution is 0.0238. The molecule has 0 spiro atoms. The summed E-state index contributed by atoms with van der Waals surface area (Å²) in [4.78, 5) is 13.5. The van der Waals surface area contributed by atoms with E-state index >= 15 is 0 Å². The number of rotatable bonds is 4. The molecule has 3 nitrogen and oxygen atoms in total. The van der Waals surface area contributed by atoms with E-state index in [0.717, 1.165) is 5.56 Å². The van der Waals surface area contributed by atoms with Gasteiger partial charge in [0.2, 0.25) is 0 Å². The second kappa shape index (κ2) is 7.25. The first-order valence-electron chi connectivity index (χ1n) is 7.07. The number of hydrogen-bond donors (Lipinski definition) is 0. The van der Waals surface area contributed by atoms with E-state index < -0.39 is 5.60 Å². The first kappa shape index (κ1) is 17.2. The topological polar surface area (TPSA) is 29.5 Å². The summed E-state index contributed by atoms with van der Waals surface area (Å²) in [6, 6.07) is 6.40. The van der Waals surface area contributed by atoms with E-state index in [2.05, 4.69) is 0 Å². The Balaban J connectivity index is 2.53. The molecule has 1 unspecified atom stereocenters. The standard InChI is InChI=1S/C17H24FNO2/c1-13(19(5)16(20)21-17(2,3)4)8-6-9-14-10-7-11-15(18)12-14/h6-7,9-13H,8H2,1-5H3/b9-6-. The normalized spacial score (nSPS) is 13.2. The highest BCUT2D eigenvalue weighted by atomic mass is 19.1. The Kier molecular flexibility index (Phi) is 5.94. The molecule has 0 saturated carbocycles. The SMILES string of the molecule is CC(C/C=C\c1cccc(F)c1)N(C)C(=O)OC(C)(C)C. The van der Waals surface area contributed by atoms with Crippen LogP contribution < -0.4 is 0 Å². The molecular weight excluding hydrogens is 269 g/mol. The molecule has 116 valence electrons. The third-order valence-electron chi connectivity index (χ3n) is 2.98. The molecule has 0 aliphatic heterocycles. The fourth-order valence-electron chi connectivity index (χ4n) is 1.68. The summed E-state index contributed by atoms with van der Waals surface area (Å²) >= 11 is 0. The maximum atomic E-state index is 13.0. The van der Waals surface area contributed by atoms with Gasteiger partial charge in [0.15, 0.2) is 0 Å².